The van der Waals surface area contributed by atoms with Gasteiger partial charge >= 0.3 is 0 Å². The third kappa shape index (κ3) is 3.38. The van der Waals surface area contributed by atoms with Gasteiger partial charge in [-0.1, -0.05) is 12.1 Å². The molecule has 1 fully saturated rings. The average molecular weight is 343 g/mol. The summed E-state index contributed by atoms with van der Waals surface area (Å²) >= 11 is 0. The summed E-state index contributed by atoms with van der Waals surface area (Å²) in [5, 5.41) is 0. The van der Waals surface area contributed by atoms with E-state index in [1.54, 1.807) is 32.0 Å². The number of hydrogen-bond acceptors (Lipinski definition) is 4. The highest BCUT2D eigenvalue weighted by Crippen LogP contribution is 2.23. The van der Waals surface area contributed by atoms with Crippen LogP contribution in [0.2, 0.25) is 0 Å². The first-order chi connectivity index (χ1) is 11.9. The van der Waals surface area contributed by atoms with Crippen LogP contribution in [0.3, 0.4) is 0 Å². The number of halogens is 1. The fourth-order valence-electron chi connectivity index (χ4n) is 2.91. The van der Waals surface area contributed by atoms with Gasteiger partial charge in [0, 0.05) is 19.0 Å². The first-order valence-corrected chi connectivity index (χ1v) is 8.07. The van der Waals surface area contributed by atoms with E-state index in [1.165, 1.54) is 23.3 Å². The van der Waals surface area contributed by atoms with Crippen molar-refractivity contribution in [3.63, 3.8) is 0 Å². The number of benzene rings is 1. The number of likely N-dealkylation sites (tertiary alicyclic amines) is 1. The molecule has 1 amide bonds. The van der Waals surface area contributed by atoms with Gasteiger partial charge in [0.15, 0.2) is 5.76 Å². The molecular weight excluding hydrogens is 325 g/mol. The molecule has 0 bridgehead atoms. The minimum Gasteiger partial charge on any atom is -0.461 e. The smallest absolute Gasteiger partial charge is 0.291 e. The summed E-state index contributed by atoms with van der Waals surface area (Å²) in [6.07, 6.45) is 1.92. The Bertz CT molecular complexity index is 822. The van der Waals surface area contributed by atoms with Gasteiger partial charge in [0.1, 0.15) is 11.7 Å². The largest absolute Gasteiger partial charge is 0.461 e. The predicted octanol–water partition coefficient (Wildman–Crippen LogP) is 2.63. The molecule has 1 aromatic heterocycles. The Labute approximate surface area is 144 Å². The van der Waals surface area contributed by atoms with Gasteiger partial charge in [-0.2, -0.15) is 0 Å². The van der Waals surface area contributed by atoms with E-state index in [0.29, 0.717) is 6.42 Å². The number of nitrogens with zero attached hydrogens (tertiary/aromatic N) is 1. The second-order valence-corrected chi connectivity index (χ2v) is 6.45. The van der Waals surface area contributed by atoms with Crippen LogP contribution < -0.4 is 0 Å². The minimum absolute atomic E-state index is 0.0638. The third-order valence-electron chi connectivity index (χ3n) is 4.33. The topological polar surface area (TPSA) is 67.6 Å². The molecule has 1 saturated heterocycles. The molecule has 1 aliphatic heterocycles. The van der Waals surface area contributed by atoms with E-state index in [1.807, 2.05) is 0 Å². The fourth-order valence-corrected chi connectivity index (χ4v) is 2.91. The Morgan fingerprint density at radius 3 is 2.52 bits per heavy atom. The lowest BCUT2D eigenvalue weighted by molar-refractivity contribution is -0.141. The molecule has 3 rings (SSSR count). The molecule has 0 saturated carbocycles. The van der Waals surface area contributed by atoms with E-state index in [2.05, 4.69) is 0 Å². The number of carbonyl (C=O) groups is 3. The van der Waals surface area contributed by atoms with E-state index in [0.717, 1.165) is 11.1 Å². The summed E-state index contributed by atoms with van der Waals surface area (Å²) in [6, 6.07) is 7.48. The zero-order valence-corrected chi connectivity index (χ0v) is 14.0. The maximum Gasteiger partial charge on any atom is 0.291 e. The normalized spacial score (nSPS) is 17.6. The molecule has 0 aliphatic carbocycles. The Hall–Kier alpha value is -2.76. The second kappa shape index (κ2) is 6.63. The molecule has 0 radical (unpaired) electrons. The van der Waals surface area contributed by atoms with Crippen molar-refractivity contribution >= 4 is 17.5 Å². The van der Waals surface area contributed by atoms with Crippen LogP contribution in [-0.4, -0.2) is 35.0 Å². The summed E-state index contributed by atoms with van der Waals surface area (Å²) in [4.78, 5) is 37.9. The van der Waals surface area contributed by atoms with Gasteiger partial charge in [0.2, 0.25) is 11.6 Å². The maximum atomic E-state index is 12.9. The Morgan fingerprint density at radius 1 is 1.24 bits per heavy atom. The van der Waals surface area contributed by atoms with Gasteiger partial charge in [-0.15, -0.1) is 0 Å². The van der Waals surface area contributed by atoms with Gasteiger partial charge in [-0.05, 0) is 43.2 Å². The van der Waals surface area contributed by atoms with E-state index in [4.69, 9.17) is 4.42 Å². The first kappa shape index (κ1) is 17.1. The molecule has 130 valence electrons. The molecule has 1 aliphatic rings. The molecule has 1 unspecified atom stereocenters. The molecule has 5 nitrogen and oxygen atoms in total. The molecule has 25 heavy (non-hydrogen) atoms. The number of Topliss-reactive ketones (excluding diaryl/α,β-unsaturated/α-hetero) is 2. The maximum absolute atomic E-state index is 12.9. The number of hydrogen-bond donors (Lipinski definition) is 0. The van der Waals surface area contributed by atoms with Crippen molar-refractivity contribution in [3.05, 3.63) is 59.3 Å². The third-order valence-corrected chi connectivity index (χ3v) is 4.33. The van der Waals surface area contributed by atoms with Crippen molar-refractivity contribution in [2.45, 2.75) is 26.3 Å². The van der Waals surface area contributed by atoms with E-state index < -0.39 is 23.4 Å². The summed E-state index contributed by atoms with van der Waals surface area (Å²) in [5.41, 5.74) is 1.62. The van der Waals surface area contributed by atoms with Gasteiger partial charge in [0.05, 0.1) is 6.26 Å². The summed E-state index contributed by atoms with van der Waals surface area (Å²) in [7, 11) is 0. The molecule has 2 aromatic rings. The summed E-state index contributed by atoms with van der Waals surface area (Å²) in [6.45, 7) is 3.68. The van der Waals surface area contributed by atoms with E-state index in [-0.39, 0.29) is 24.2 Å². The molecule has 6 heteroatoms. The number of amides is 1. The lowest BCUT2D eigenvalue weighted by Gasteiger charge is -2.19. The highest BCUT2D eigenvalue weighted by Gasteiger charge is 2.44. The van der Waals surface area contributed by atoms with Crippen molar-refractivity contribution in [1.82, 2.24) is 4.90 Å². The Kier molecular flexibility index (Phi) is 4.53. The Balaban J connectivity index is 1.73. The number of carbonyl (C=O) groups excluding carboxylic acids is 3. The van der Waals surface area contributed by atoms with Gasteiger partial charge in [-0.3, -0.25) is 14.4 Å². The number of rotatable bonds is 5. The Morgan fingerprint density at radius 2 is 1.92 bits per heavy atom. The van der Waals surface area contributed by atoms with Gasteiger partial charge < -0.3 is 9.32 Å². The highest BCUT2D eigenvalue weighted by atomic mass is 19.1. The van der Waals surface area contributed by atoms with Crippen molar-refractivity contribution in [2.24, 2.45) is 5.92 Å². The molecule has 0 N–H and O–H groups in total. The lowest BCUT2D eigenvalue weighted by Crippen LogP contribution is -2.33. The molecular formula is C19H18FNO4. The quantitative estimate of drug-likeness (QED) is 0.475. The van der Waals surface area contributed by atoms with Crippen LogP contribution in [0, 0.1) is 11.7 Å². The second-order valence-electron chi connectivity index (χ2n) is 6.45. The average Bonchev–Trinajstić information content (AvgIpc) is 3.15. The molecule has 1 aromatic carbocycles. The van der Waals surface area contributed by atoms with E-state index >= 15 is 0 Å². The number of furan rings is 1. The SMILES string of the molecule is CC(C)N1CC(C(=O)c2cc(Cc3ccc(F)cc3)co2)C(=O)C1=O. The number of ketones is 2. The fraction of sp³-hybridized carbons (Fsp3) is 0.316. The summed E-state index contributed by atoms with van der Waals surface area (Å²) in [5.74, 6) is -3.05. The van der Waals surface area contributed by atoms with Crippen molar-refractivity contribution in [3.8, 4) is 0 Å². The summed E-state index contributed by atoms with van der Waals surface area (Å²) < 4.78 is 18.2. The van der Waals surface area contributed by atoms with E-state index in [9.17, 15) is 18.8 Å². The highest BCUT2D eigenvalue weighted by molar-refractivity contribution is 6.43. The lowest BCUT2D eigenvalue weighted by atomic mass is 9.99. The zero-order valence-electron chi connectivity index (χ0n) is 14.0. The van der Waals surface area contributed by atoms with Crippen molar-refractivity contribution < 1.29 is 23.2 Å². The van der Waals surface area contributed by atoms with Crippen LogP contribution in [0.4, 0.5) is 4.39 Å². The van der Waals surface area contributed by atoms with Gasteiger partial charge in [0.25, 0.3) is 5.91 Å². The van der Waals surface area contributed by atoms with Crippen LogP contribution in [0.5, 0.6) is 0 Å². The monoisotopic (exact) mass is 343 g/mol. The van der Waals surface area contributed by atoms with Crippen LogP contribution in [-0.2, 0) is 16.0 Å². The predicted molar refractivity (Wildman–Crippen MR) is 87.6 cm³/mol. The first-order valence-electron chi connectivity index (χ1n) is 8.07. The molecule has 0 spiro atoms. The van der Waals surface area contributed by atoms with Crippen molar-refractivity contribution in [2.75, 3.05) is 6.54 Å². The van der Waals surface area contributed by atoms with Crippen LogP contribution in [0.25, 0.3) is 0 Å². The standard InChI is InChI=1S/C19H18FNO4/c1-11(2)21-9-15(18(23)19(21)24)17(22)16-8-13(10-25-16)7-12-3-5-14(20)6-4-12/h3-6,8,10-11,15H,7,9H2,1-2H3. The molecule has 1 atom stereocenters. The van der Waals surface area contributed by atoms with Crippen LogP contribution in [0.1, 0.15) is 35.5 Å². The zero-order chi connectivity index (χ0) is 18.1. The van der Waals surface area contributed by atoms with Gasteiger partial charge in [-0.25, -0.2) is 4.39 Å². The van der Waals surface area contributed by atoms with Crippen LogP contribution >= 0.6 is 0 Å². The van der Waals surface area contributed by atoms with Crippen molar-refractivity contribution in [1.29, 1.82) is 0 Å². The minimum atomic E-state index is -1.01. The van der Waals surface area contributed by atoms with Crippen LogP contribution in [0.15, 0.2) is 41.0 Å². The molecule has 2 heterocycles.